The first-order chi connectivity index (χ1) is 17.0. The van der Waals surface area contributed by atoms with Crippen LogP contribution in [0.3, 0.4) is 0 Å². The smallest absolute Gasteiger partial charge is 0.309 e. The molecule has 6 nitrogen and oxygen atoms in total. The van der Waals surface area contributed by atoms with Crippen molar-refractivity contribution in [2.24, 2.45) is 17.8 Å². The fraction of sp³-hybridized carbons (Fsp3) is 0.552. The van der Waals surface area contributed by atoms with Gasteiger partial charge in [0.2, 0.25) is 0 Å². The van der Waals surface area contributed by atoms with Gasteiger partial charge in [0.05, 0.1) is 5.92 Å². The predicted octanol–water partition coefficient (Wildman–Crippen LogP) is 6.13. The molecule has 188 valence electrons. The maximum Gasteiger partial charge on any atom is 0.309 e. The average Bonchev–Trinajstić information content (AvgIpc) is 3.37. The minimum atomic E-state index is -0.560. The fourth-order valence-corrected chi connectivity index (χ4v) is 5.70. The summed E-state index contributed by atoms with van der Waals surface area (Å²) in [5.74, 6) is 0.371. The number of ether oxygens (including phenoxy) is 2. The lowest BCUT2D eigenvalue weighted by Gasteiger charge is -2.35. The lowest BCUT2D eigenvalue weighted by Crippen LogP contribution is -2.42. The average molecular weight is 480 g/mol. The van der Waals surface area contributed by atoms with Crippen LogP contribution in [0.15, 0.2) is 48.7 Å². The zero-order valence-corrected chi connectivity index (χ0v) is 20.6. The molecule has 2 aliphatic rings. The van der Waals surface area contributed by atoms with E-state index >= 15 is 0 Å². The van der Waals surface area contributed by atoms with Crippen LogP contribution in [0.5, 0.6) is 11.5 Å². The lowest BCUT2D eigenvalue weighted by molar-refractivity contribution is -0.160. The fourth-order valence-electron chi connectivity index (χ4n) is 5.70. The Hall–Kier alpha value is -2.89. The first kappa shape index (κ1) is 25.2. The van der Waals surface area contributed by atoms with E-state index in [-0.39, 0.29) is 35.7 Å². The molecule has 2 aromatic rings. The van der Waals surface area contributed by atoms with E-state index in [1.165, 1.54) is 37.9 Å². The van der Waals surface area contributed by atoms with E-state index in [9.17, 15) is 14.7 Å². The Morgan fingerprint density at radius 2 is 1.74 bits per heavy atom. The van der Waals surface area contributed by atoms with Gasteiger partial charge in [-0.2, -0.15) is 0 Å². The number of nitrogens with zero attached hydrogens (tertiary/aromatic N) is 1. The SMILES string of the molecule is C[C@@H]1OC(=O)[C@@H](CC(=O)c2ncccc2O)CCCC[C@H](CC2CCCC2)[C@H]1Oc1ccccc1. The molecule has 2 heterocycles. The summed E-state index contributed by atoms with van der Waals surface area (Å²) >= 11 is 0. The molecule has 2 fully saturated rings. The largest absolute Gasteiger partial charge is 0.506 e. The molecule has 0 bridgehead atoms. The summed E-state index contributed by atoms with van der Waals surface area (Å²) in [7, 11) is 0. The van der Waals surface area contributed by atoms with Gasteiger partial charge in [-0.25, -0.2) is 4.98 Å². The number of esters is 1. The van der Waals surface area contributed by atoms with E-state index in [1.807, 2.05) is 37.3 Å². The number of cyclic esters (lactones) is 1. The summed E-state index contributed by atoms with van der Waals surface area (Å²) in [6.45, 7) is 1.91. The standard InChI is InChI=1S/C29H37NO5/c1-20-28(35-24-14-3-2-4-15-24)22(18-21-10-5-6-11-21)12-7-8-13-23(29(33)34-20)19-26(32)27-25(31)16-9-17-30-27/h2-4,9,14-17,20-23,28,31H,5-8,10-13,18-19H2,1H3/t20-,22+,23+,28-/m0/s1. The molecule has 1 aromatic carbocycles. The van der Waals surface area contributed by atoms with Crippen LogP contribution in [0, 0.1) is 17.8 Å². The summed E-state index contributed by atoms with van der Waals surface area (Å²) < 4.78 is 12.5. The molecular weight excluding hydrogens is 442 g/mol. The van der Waals surface area contributed by atoms with Crippen LogP contribution in [0.2, 0.25) is 0 Å². The van der Waals surface area contributed by atoms with Gasteiger partial charge in [0, 0.05) is 12.6 Å². The van der Waals surface area contributed by atoms with Gasteiger partial charge in [0.1, 0.15) is 29.4 Å². The van der Waals surface area contributed by atoms with Gasteiger partial charge in [-0.1, -0.05) is 56.7 Å². The highest BCUT2D eigenvalue weighted by Gasteiger charge is 2.36. The number of ketones is 1. The summed E-state index contributed by atoms with van der Waals surface area (Å²) in [6, 6.07) is 12.8. The number of para-hydroxylation sites is 1. The Morgan fingerprint density at radius 1 is 1.03 bits per heavy atom. The maximum atomic E-state index is 13.2. The third-order valence-corrected chi connectivity index (χ3v) is 7.55. The molecule has 1 aromatic heterocycles. The third kappa shape index (κ3) is 6.83. The maximum absolute atomic E-state index is 13.2. The van der Waals surface area contributed by atoms with Crippen LogP contribution in [0.25, 0.3) is 0 Å². The molecule has 1 saturated heterocycles. The molecular formula is C29H37NO5. The van der Waals surface area contributed by atoms with E-state index in [4.69, 9.17) is 9.47 Å². The van der Waals surface area contributed by atoms with E-state index < -0.39 is 12.0 Å². The topological polar surface area (TPSA) is 85.7 Å². The van der Waals surface area contributed by atoms with Gasteiger partial charge in [0.15, 0.2) is 5.78 Å². The van der Waals surface area contributed by atoms with Gasteiger partial charge in [0.25, 0.3) is 0 Å². The van der Waals surface area contributed by atoms with Crippen molar-refractivity contribution in [3.63, 3.8) is 0 Å². The van der Waals surface area contributed by atoms with Crippen LogP contribution < -0.4 is 4.74 Å². The second kappa shape index (κ2) is 12.2. The Morgan fingerprint density at radius 3 is 2.49 bits per heavy atom. The number of Topliss-reactive ketones (excluding diaryl/α,β-unsaturated/α-hetero) is 1. The highest BCUT2D eigenvalue weighted by atomic mass is 16.6. The van der Waals surface area contributed by atoms with Gasteiger partial charge in [-0.3, -0.25) is 9.59 Å². The van der Waals surface area contributed by atoms with E-state index in [1.54, 1.807) is 6.07 Å². The lowest BCUT2D eigenvalue weighted by atomic mass is 9.82. The highest BCUT2D eigenvalue weighted by molar-refractivity contribution is 5.98. The van der Waals surface area contributed by atoms with Gasteiger partial charge < -0.3 is 14.6 Å². The number of hydrogen-bond donors (Lipinski definition) is 1. The quantitative estimate of drug-likeness (QED) is 0.380. The van der Waals surface area contributed by atoms with Gasteiger partial charge in [-0.05, 0) is 62.3 Å². The summed E-state index contributed by atoms with van der Waals surface area (Å²) in [5, 5.41) is 10.0. The predicted molar refractivity (Wildman–Crippen MR) is 133 cm³/mol. The molecule has 1 aliphatic carbocycles. The van der Waals surface area contributed by atoms with Crippen molar-refractivity contribution < 1.29 is 24.2 Å². The van der Waals surface area contributed by atoms with E-state index in [2.05, 4.69) is 4.98 Å². The number of hydrogen-bond acceptors (Lipinski definition) is 6. The van der Waals surface area contributed by atoms with Crippen LogP contribution in [0.1, 0.15) is 81.6 Å². The summed E-state index contributed by atoms with van der Waals surface area (Å²) in [5.41, 5.74) is 0.00681. The number of carbonyl (C=O) groups is 2. The molecule has 1 saturated carbocycles. The van der Waals surface area contributed by atoms with Crippen molar-refractivity contribution >= 4 is 11.8 Å². The van der Waals surface area contributed by atoms with Crippen LogP contribution in [0.4, 0.5) is 0 Å². The zero-order chi connectivity index (χ0) is 24.6. The highest BCUT2D eigenvalue weighted by Crippen LogP contribution is 2.37. The van der Waals surface area contributed by atoms with Crippen LogP contribution >= 0.6 is 0 Å². The first-order valence-electron chi connectivity index (χ1n) is 13.1. The number of aromatic hydroxyl groups is 1. The Kier molecular flexibility index (Phi) is 8.78. The second-order valence-corrected chi connectivity index (χ2v) is 10.2. The van der Waals surface area contributed by atoms with Crippen molar-refractivity contribution in [2.45, 2.75) is 83.3 Å². The van der Waals surface area contributed by atoms with Gasteiger partial charge >= 0.3 is 5.97 Å². The van der Waals surface area contributed by atoms with Crippen molar-refractivity contribution in [3.8, 4) is 11.5 Å². The number of rotatable bonds is 7. The Labute approximate surface area is 208 Å². The second-order valence-electron chi connectivity index (χ2n) is 10.2. The summed E-state index contributed by atoms with van der Waals surface area (Å²) in [6.07, 6.45) is 10.4. The van der Waals surface area contributed by atoms with Crippen LogP contribution in [-0.4, -0.2) is 34.1 Å². The number of carbonyl (C=O) groups excluding carboxylic acids is 2. The molecule has 1 N–H and O–H groups in total. The number of benzene rings is 1. The molecule has 4 rings (SSSR count). The monoisotopic (exact) mass is 479 g/mol. The first-order valence-corrected chi connectivity index (χ1v) is 13.1. The number of aromatic nitrogens is 1. The Bertz CT molecular complexity index is 972. The minimum Gasteiger partial charge on any atom is -0.506 e. The normalized spacial score (nSPS) is 26.1. The van der Waals surface area contributed by atoms with Crippen molar-refractivity contribution in [2.75, 3.05) is 0 Å². The summed E-state index contributed by atoms with van der Waals surface area (Å²) in [4.78, 5) is 30.0. The minimum absolute atomic E-state index is 0.00681. The van der Waals surface area contributed by atoms with Gasteiger partial charge in [-0.15, -0.1) is 0 Å². The molecule has 0 spiro atoms. The molecule has 0 unspecified atom stereocenters. The molecule has 0 radical (unpaired) electrons. The third-order valence-electron chi connectivity index (χ3n) is 7.55. The zero-order valence-electron chi connectivity index (χ0n) is 20.6. The van der Waals surface area contributed by atoms with Crippen molar-refractivity contribution in [1.29, 1.82) is 0 Å². The Balaban J connectivity index is 1.50. The van der Waals surface area contributed by atoms with E-state index in [0.717, 1.165) is 31.4 Å². The molecule has 0 amide bonds. The van der Waals surface area contributed by atoms with Crippen LogP contribution in [-0.2, 0) is 9.53 Å². The van der Waals surface area contributed by atoms with Crippen molar-refractivity contribution in [3.05, 3.63) is 54.4 Å². The van der Waals surface area contributed by atoms with E-state index in [0.29, 0.717) is 18.3 Å². The molecule has 1 aliphatic heterocycles. The molecule has 4 atom stereocenters. The number of pyridine rings is 1. The molecule has 35 heavy (non-hydrogen) atoms. The molecule has 6 heteroatoms. The van der Waals surface area contributed by atoms with Crippen molar-refractivity contribution in [1.82, 2.24) is 4.98 Å².